The Balaban J connectivity index is 0.953. The summed E-state index contributed by atoms with van der Waals surface area (Å²) >= 11 is 0. The van der Waals surface area contributed by atoms with Gasteiger partial charge in [-0.2, -0.15) is 0 Å². The maximum absolute atomic E-state index is 12.2. The van der Waals surface area contributed by atoms with E-state index < -0.39 is 104 Å². The molecule has 24 atom stereocenters. The number of fused-ring (bicyclic) bond motifs is 4. The summed E-state index contributed by atoms with van der Waals surface area (Å²) in [5.74, 6) is -0.912. The van der Waals surface area contributed by atoms with Crippen LogP contribution >= 0.6 is 0 Å². The summed E-state index contributed by atoms with van der Waals surface area (Å²) in [6, 6.07) is 0. The van der Waals surface area contributed by atoms with Crippen LogP contribution in [-0.2, 0) is 37.9 Å². The normalized spacial score (nSPS) is 56.5. The van der Waals surface area contributed by atoms with Crippen molar-refractivity contribution in [3.63, 3.8) is 0 Å². The maximum Gasteiger partial charge on any atom is 0.187 e. The first-order chi connectivity index (χ1) is 30.1. The highest BCUT2D eigenvalue weighted by molar-refractivity contribution is 5.26. The van der Waals surface area contributed by atoms with Crippen molar-refractivity contribution in [2.75, 3.05) is 33.0 Å². The Morgan fingerprint density at radius 1 is 0.750 bits per heavy atom. The third-order valence-corrected chi connectivity index (χ3v) is 18.8. The molecular weight excluding hydrogens is 836 g/mol. The molecule has 5 saturated heterocycles. The van der Waals surface area contributed by atoms with Gasteiger partial charge in [0.15, 0.2) is 24.7 Å². The molecule has 2 spiro atoms. The van der Waals surface area contributed by atoms with E-state index in [0.717, 1.165) is 44.1 Å². The lowest BCUT2D eigenvalue weighted by Crippen LogP contribution is -2.67. The Hall–Kier alpha value is -0.940. The Bertz CT molecular complexity index is 1720. The zero-order valence-corrected chi connectivity index (χ0v) is 38.5. The number of hydrogen-bond donors (Lipinski definition) is 9. The SMILES string of the molecule is CC(C)=CC1CC(C)(O)C2C3CCC4[C@@]5(C)CC[C@H](O[C@@H]6OC[C@H](O)[C@H](COC7O[C@H](CO)[C@@H](O)[C@H](O)[C@H]7O)[C@H]6O[C@@H]6O[C@@H](CO)[C@H](O)[C@H]6O)C(C)(C)C5CC[C@@]4(C)[C@@]34CO[C@@]2(C4)O1. The van der Waals surface area contributed by atoms with Crippen LogP contribution in [0.4, 0.5) is 0 Å². The number of aliphatic hydroxyl groups excluding tert-OH is 8. The summed E-state index contributed by atoms with van der Waals surface area (Å²) in [5, 5.41) is 96.3. The van der Waals surface area contributed by atoms with Crippen LogP contribution in [0.5, 0.6) is 0 Å². The van der Waals surface area contributed by atoms with Crippen LogP contribution in [0.1, 0.15) is 99.8 Å². The molecule has 9 N–H and O–H groups in total. The molecule has 366 valence electrons. The third kappa shape index (κ3) is 7.27. The summed E-state index contributed by atoms with van der Waals surface area (Å²) < 4.78 is 50.7. The molecule has 4 saturated carbocycles. The lowest BCUT2D eigenvalue weighted by Gasteiger charge is -2.70. The quantitative estimate of drug-likeness (QED) is 0.109. The number of rotatable bonds is 10. The minimum atomic E-state index is -1.69. The molecule has 4 aliphatic carbocycles. The average molecular weight is 913 g/mol. The van der Waals surface area contributed by atoms with Crippen molar-refractivity contribution in [1.29, 1.82) is 0 Å². The summed E-state index contributed by atoms with van der Waals surface area (Å²) in [7, 11) is 0. The van der Waals surface area contributed by atoms with E-state index >= 15 is 0 Å². The summed E-state index contributed by atoms with van der Waals surface area (Å²) in [6.07, 6.45) is -8.22. The second kappa shape index (κ2) is 16.9. The first-order valence-corrected chi connectivity index (χ1v) is 23.9. The van der Waals surface area contributed by atoms with Crippen molar-refractivity contribution in [2.45, 2.75) is 197 Å². The van der Waals surface area contributed by atoms with Crippen molar-refractivity contribution in [1.82, 2.24) is 0 Å². The van der Waals surface area contributed by atoms with Gasteiger partial charge in [0, 0.05) is 30.1 Å². The smallest absolute Gasteiger partial charge is 0.187 e. The predicted octanol–water partition coefficient (Wildman–Crippen LogP) is 0.853. The van der Waals surface area contributed by atoms with Gasteiger partial charge < -0.3 is 83.9 Å². The van der Waals surface area contributed by atoms with Gasteiger partial charge in [0.05, 0.1) is 56.9 Å². The molecule has 9 fully saturated rings. The molecule has 9 rings (SSSR count). The van der Waals surface area contributed by atoms with Gasteiger partial charge in [0.2, 0.25) is 0 Å². The molecule has 17 heteroatoms. The zero-order chi connectivity index (χ0) is 46.1. The van der Waals surface area contributed by atoms with E-state index in [1.54, 1.807) is 0 Å². The fraction of sp³-hybridized carbons (Fsp3) is 0.957. The van der Waals surface area contributed by atoms with Crippen LogP contribution in [0.25, 0.3) is 0 Å². The lowest BCUT2D eigenvalue weighted by molar-refractivity contribution is -0.348. The van der Waals surface area contributed by atoms with E-state index in [9.17, 15) is 46.0 Å². The maximum atomic E-state index is 12.2. The Kier molecular flexibility index (Phi) is 12.7. The van der Waals surface area contributed by atoms with Crippen molar-refractivity contribution in [2.24, 2.45) is 51.2 Å². The molecule has 5 heterocycles. The fourth-order valence-electron chi connectivity index (χ4n) is 15.8. The van der Waals surface area contributed by atoms with Gasteiger partial charge in [-0.15, -0.1) is 0 Å². The van der Waals surface area contributed by atoms with Gasteiger partial charge in [-0.1, -0.05) is 39.3 Å². The van der Waals surface area contributed by atoms with Crippen LogP contribution in [0, 0.1) is 51.2 Å². The Morgan fingerprint density at radius 3 is 2.11 bits per heavy atom. The summed E-state index contributed by atoms with van der Waals surface area (Å²) in [5.41, 5.74) is -0.362. The van der Waals surface area contributed by atoms with Crippen molar-refractivity contribution >= 4 is 0 Å². The minimum Gasteiger partial charge on any atom is -0.394 e. The van der Waals surface area contributed by atoms with E-state index in [1.165, 1.54) is 0 Å². The van der Waals surface area contributed by atoms with Crippen molar-refractivity contribution < 1.29 is 83.9 Å². The minimum absolute atomic E-state index is 0.0495. The third-order valence-electron chi connectivity index (χ3n) is 18.8. The molecule has 2 bridgehead atoms. The molecular formula is C47H76O17. The fourth-order valence-corrected chi connectivity index (χ4v) is 15.8. The molecule has 0 aromatic rings. The lowest BCUT2D eigenvalue weighted by atomic mass is 9.35. The van der Waals surface area contributed by atoms with Crippen LogP contribution in [-0.4, -0.2) is 176 Å². The highest BCUT2D eigenvalue weighted by atomic mass is 16.8. The summed E-state index contributed by atoms with van der Waals surface area (Å²) in [6.45, 7) is 14.5. The number of allylic oxidation sites excluding steroid dienone is 1. The molecule has 17 nitrogen and oxygen atoms in total. The summed E-state index contributed by atoms with van der Waals surface area (Å²) in [4.78, 5) is 0. The van der Waals surface area contributed by atoms with E-state index in [1.807, 2.05) is 6.92 Å². The molecule has 0 amide bonds. The Morgan fingerprint density at radius 2 is 1.42 bits per heavy atom. The molecule has 64 heavy (non-hydrogen) atoms. The molecule has 9 aliphatic rings. The van der Waals surface area contributed by atoms with Gasteiger partial charge in [0.1, 0.15) is 48.8 Å². The second-order valence-electron chi connectivity index (χ2n) is 22.9. The zero-order valence-electron chi connectivity index (χ0n) is 38.5. The molecule has 5 aliphatic heterocycles. The van der Waals surface area contributed by atoms with Gasteiger partial charge in [-0.3, -0.25) is 0 Å². The van der Waals surface area contributed by atoms with E-state index in [4.69, 9.17) is 37.9 Å². The Labute approximate surface area is 376 Å². The van der Waals surface area contributed by atoms with Crippen LogP contribution in [0.15, 0.2) is 11.6 Å². The van der Waals surface area contributed by atoms with Gasteiger partial charge in [0.25, 0.3) is 0 Å². The average Bonchev–Trinajstić information content (AvgIpc) is 3.84. The number of aliphatic hydroxyl groups is 9. The monoisotopic (exact) mass is 913 g/mol. The predicted molar refractivity (Wildman–Crippen MR) is 223 cm³/mol. The highest BCUT2D eigenvalue weighted by Gasteiger charge is 2.81. The van der Waals surface area contributed by atoms with Gasteiger partial charge >= 0.3 is 0 Å². The topological polar surface area (TPSA) is 256 Å². The largest absolute Gasteiger partial charge is 0.394 e. The van der Waals surface area contributed by atoms with Crippen molar-refractivity contribution in [3.8, 4) is 0 Å². The van der Waals surface area contributed by atoms with Crippen molar-refractivity contribution in [3.05, 3.63) is 11.6 Å². The molecule has 0 aromatic heterocycles. The highest BCUT2D eigenvalue weighted by Crippen LogP contribution is 2.80. The van der Waals surface area contributed by atoms with Gasteiger partial charge in [-0.05, 0) is 93.3 Å². The first-order valence-electron chi connectivity index (χ1n) is 23.9. The van der Waals surface area contributed by atoms with Gasteiger partial charge in [-0.25, -0.2) is 0 Å². The van der Waals surface area contributed by atoms with E-state index in [2.05, 4.69) is 47.6 Å². The van der Waals surface area contributed by atoms with E-state index in [-0.39, 0.29) is 58.9 Å². The molecule has 7 unspecified atom stereocenters. The second-order valence-corrected chi connectivity index (χ2v) is 22.9. The number of ether oxygens (including phenoxy) is 8. The van der Waals surface area contributed by atoms with Crippen LogP contribution < -0.4 is 0 Å². The molecule has 0 radical (unpaired) electrons. The van der Waals surface area contributed by atoms with Crippen LogP contribution in [0.2, 0.25) is 0 Å². The van der Waals surface area contributed by atoms with E-state index in [0.29, 0.717) is 31.3 Å². The molecule has 0 aromatic carbocycles. The standard InChI is InChI=1S/C47H76O17/c1-22(2)14-23-15-45(7,56)38-25-8-9-30-43(5)12-11-31(42(3,4)29(43)10-13-44(30,6)46(25)20-47(38,64-23)59-21-46)62-41-37(63-40-35(54)33(52)28(17-49)61-40)24(26(50)19-58-41)18-57-39-36(55)34(53)32(51)27(16-48)60-39/h14,23-41,48-56H,8-13,15-21H2,1-7H3/t23?,24-,25?,26-,27+,28-,29?,30?,31-,32+,33-,34-,35+,36+,37+,38?,39?,40-,41-,43-,44+,45?,46-,47-/m0/s1. The van der Waals surface area contributed by atoms with Crippen LogP contribution in [0.3, 0.4) is 0 Å². The first kappa shape index (κ1) is 48.1. The number of hydrogen-bond acceptors (Lipinski definition) is 17.